The molecule has 0 saturated carbocycles. The van der Waals surface area contributed by atoms with E-state index in [1.54, 1.807) is 0 Å². The van der Waals surface area contributed by atoms with Gasteiger partial charge in [0.05, 0.1) is 11.3 Å². The second kappa shape index (κ2) is 6.48. The molecule has 102 valence electrons. The van der Waals surface area contributed by atoms with Crippen LogP contribution < -0.4 is 4.74 Å². The summed E-state index contributed by atoms with van der Waals surface area (Å²) in [6, 6.07) is 2.66. The summed E-state index contributed by atoms with van der Waals surface area (Å²) in [7, 11) is 0. The summed E-state index contributed by atoms with van der Waals surface area (Å²) in [5, 5.41) is -0.122. The predicted octanol–water partition coefficient (Wildman–Crippen LogP) is 3.36. The first-order valence-electron chi connectivity index (χ1n) is 4.95. The molecule has 1 rings (SSSR count). The van der Waals surface area contributed by atoms with Crippen LogP contribution in [0, 0.1) is 17.7 Å². The second-order valence-electron chi connectivity index (χ2n) is 3.27. The Balaban J connectivity index is 2.75. The minimum atomic E-state index is -4.86. The van der Waals surface area contributed by atoms with Gasteiger partial charge in [0.15, 0.2) is 5.12 Å². The molecule has 0 heterocycles. The topological polar surface area (TPSA) is 26.3 Å². The minimum absolute atomic E-state index is 0.0568. The number of benzene rings is 1. The zero-order chi connectivity index (χ0) is 14.5. The first kappa shape index (κ1) is 15.4. The van der Waals surface area contributed by atoms with E-state index in [9.17, 15) is 22.4 Å². The predicted molar refractivity (Wildman–Crippen MR) is 63.1 cm³/mol. The van der Waals surface area contributed by atoms with Gasteiger partial charge in [0, 0.05) is 13.0 Å². The summed E-state index contributed by atoms with van der Waals surface area (Å²) in [6.45, 7) is 1.37. The smallest absolute Gasteiger partial charge is 0.406 e. The fourth-order valence-corrected chi connectivity index (χ4v) is 1.41. The SMILES string of the molecule is CC(=O)SCC#Cc1ccc(OC(F)(F)F)cc1F. The molecular formula is C12H8F4O2S. The number of carbonyl (C=O) groups excluding carboxylic acids is 1. The van der Waals surface area contributed by atoms with Gasteiger partial charge in [-0.3, -0.25) is 4.79 Å². The highest BCUT2D eigenvalue weighted by Crippen LogP contribution is 2.24. The first-order chi connectivity index (χ1) is 8.78. The molecule has 2 nitrogen and oxygen atoms in total. The van der Waals surface area contributed by atoms with Crippen molar-refractivity contribution in [3.05, 3.63) is 29.6 Å². The number of rotatable bonds is 2. The molecule has 0 bridgehead atoms. The fourth-order valence-electron chi connectivity index (χ4n) is 1.06. The summed E-state index contributed by atoms with van der Waals surface area (Å²) in [5.74, 6) is 3.58. The summed E-state index contributed by atoms with van der Waals surface area (Å²) in [4.78, 5) is 10.6. The van der Waals surface area contributed by atoms with Gasteiger partial charge in [-0.25, -0.2) is 4.39 Å². The van der Waals surface area contributed by atoms with Crippen molar-refractivity contribution in [2.75, 3.05) is 5.75 Å². The highest BCUT2D eigenvalue weighted by molar-refractivity contribution is 8.13. The Hall–Kier alpha value is -1.68. The van der Waals surface area contributed by atoms with Crippen molar-refractivity contribution in [3.63, 3.8) is 0 Å². The van der Waals surface area contributed by atoms with Crippen molar-refractivity contribution in [1.82, 2.24) is 0 Å². The second-order valence-corrected chi connectivity index (χ2v) is 4.42. The lowest BCUT2D eigenvalue weighted by molar-refractivity contribution is -0.274. The van der Waals surface area contributed by atoms with Crippen molar-refractivity contribution in [2.24, 2.45) is 0 Å². The van der Waals surface area contributed by atoms with Crippen LogP contribution in [0.2, 0.25) is 0 Å². The molecule has 0 fully saturated rings. The fraction of sp³-hybridized carbons (Fsp3) is 0.250. The Morgan fingerprint density at radius 1 is 1.42 bits per heavy atom. The highest BCUT2D eigenvalue weighted by Gasteiger charge is 2.31. The molecule has 1 aromatic carbocycles. The maximum atomic E-state index is 13.4. The van der Waals surface area contributed by atoms with E-state index < -0.39 is 17.9 Å². The van der Waals surface area contributed by atoms with Crippen LogP contribution in [0.25, 0.3) is 0 Å². The normalized spacial score (nSPS) is 10.6. The lowest BCUT2D eigenvalue weighted by Gasteiger charge is -2.08. The van der Waals surface area contributed by atoms with E-state index >= 15 is 0 Å². The van der Waals surface area contributed by atoms with E-state index in [-0.39, 0.29) is 16.4 Å². The number of alkyl halides is 3. The largest absolute Gasteiger partial charge is 0.573 e. The maximum absolute atomic E-state index is 13.4. The van der Waals surface area contributed by atoms with Gasteiger partial charge in [-0.05, 0) is 12.1 Å². The van der Waals surface area contributed by atoms with Crippen molar-refractivity contribution >= 4 is 16.9 Å². The molecule has 0 saturated heterocycles. The number of halogens is 4. The molecule has 0 aliphatic heterocycles. The van der Waals surface area contributed by atoms with Crippen LogP contribution in [0.15, 0.2) is 18.2 Å². The molecule has 0 spiro atoms. The van der Waals surface area contributed by atoms with E-state index in [1.165, 1.54) is 6.92 Å². The molecule has 19 heavy (non-hydrogen) atoms. The van der Waals surface area contributed by atoms with E-state index in [4.69, 9.17) is 0 Å². The standard InChI is InChI=1S/C12H8F4O2S/c1-8(17)19-6-2-3-9-4-5-10(7-11(9)13)18-12(14,15)16/h4-5,7H,6H2,1H3. The average molecular weight is 292 g/mol. The zero-order valence-corrected chi connectivity index (χ0v) is 10.5. The van der Waals surface area contributed by atoms with Crippen LogP contribution in [-0.2, 0) is 4.79 Å². The van der Waals surface area contributed by atoms with Crippen molar-refractivity contribution in [3.8, 4) is 17.6 Å². The van der Waals surface area contributed by atoms with Gasteiger partial charge in [-0.2, -0.15) is 0 Å². The van der Waals surface area contributed by atoms with Crippen molar-refractivity contribution in [2.45, 2.75) is 13.3 Å². The van der Waals surface area contributed by atoms with Gasteiger partial charge in [-0.15, -0.1) is 13.2 Å². The zero-order valence-electron chi connectivity index (χ0n) is 9.68. The first-order valence-corrected chi connectivity index (χ1v) is 5.94. The molecule has 0 unspecified atom stereocenters. The quantitative estimate of drug-likeness (QED) is 0.617. The third-order valence-electron chi connectivity index (χ3n) is 1.74. The van der Waals surface area contributed by atoms with E-state index in [1.807, 2.05) is 0 Å². The van der Waals surface area contributed by atoms with Crippen LogP contribution in [0.4, 0.5) is 17.6 Å². The van der Waals surface area contributed by atoms with Gasteiger partial charge in [0.2, 0.25) is 0 Å². The molecule has 0 radical (unpaired) electrons. The van der Waals surface area contributed by atoms with E-state index in [0.717, 1.165) is 23.9 Å². The molecule has 7 heteroatoms. The molecule has 0 aromatic heterocycles. The van der Waals surface area contributed by atoms with Gasteiger partial charge in [0.25, 0.3) is 0 Å². The van der Waals surface area contributed by atoms with E-state index in [0.29, 0.717) is 6.07 Å². The summed E-state index contributed by atoms with van der Waals surface area (Å²) < 4.78 is 52.6. The summed E-state index contributed by atoms with van der Waals surface area (Å²) in [5.41, 5.74) is -0.0568. The lowest BCUT2D eigenvalue weighted by atomic mass is 10.2. The number of ether oxygens (including phenoxy) is 1. The Bertz CT molecular complexity index is 529. The monoisotopic (exact) mass is 292 g/mol. The average Bonchev–Trinajstić information content (AvgIpc) is 2.24. The number of hydrogen-bond donors (Lipinski definition) is 0. The summed E-state index contributed by atoms with van der Waals surface area (Å²) in [6.07, 6.45) is -4.86. The van der Waals surface area contributed by atoms with Crippen molar-refractivity contribution in [1.29, 1.82) is 0 Å². The summed E-state index contributed by atoms with van der Waals surface area (Å²) >= 11 is 0.959. The van der Waals surface area contributed by atoms with E-state index in [2.05, 4.69) is 16.6 Å². The van der Waals surface area contributed by atoms with Crippen LogP contribution in [0.3, 0.4) is 0 Å². The van der Waals surface area contributed by atoms with Crippen LogP contribution in [0.1, 0.15) is 12.5 Å². The van der Waals surface area contributed by atoms with Crippen LogP contribution in [0.5, 0.6) is 5.75 Å². The van der Waals surface area contributed by atoms with Gasteiger partial charge < -0.3 is 4.74 Å². The third kappa shape index (κ3) is 6.15. The van der Waals surface area contributed by atoms with Gasteiger partial charge >= 0.3 is 6.36 Å². The number of carbonyl (C=O) groups is 1. The Morgan fingerprint density at radius 2 is 2.11 bits per heavy atom. The highest BCUT2D eigenvalue weighted by atomic mass is 32.2. The molecular weight excluding hydrogens is 284 g/mol. The van der Waals surface area contributed by atoms with Crippen molar-refractivity contribution < 1.29 is 27.1 Å². The van der Waals surface area contributed by atoms with Crippen LogP contribution in [-0.4, -0.2) is 17.2 Å². The Kier molecular flexibility index (Phi) is 5.24. The maximum Gasteiger partial charge on any atom is 0.573 e. The molecule has 1 aromatic rings. The molecule has 0 amide bonds. The Morgan fingerprint density at radius 3 is 2.63 bits per heavy atom. The van der Waals surface area contributed by atoms with Gasteiger partial charge in [-0.1, -0.05) is 23.6 Å². The molecule has 0 aliphatic carbocycles. The number of hydrogen-bond acceptors (Lipinski definition) is 3. The number of thioether (sulfide) groups is 1. The molecule has 0 N–H and O–H groups in total. The van der Waals surface area contributed by atoms with Gasteiger partial charge in [0.1, 0.15) is 11.6 Å². The molecule has 0 atom stereocenters. The Labute approximate surface area is 111 Å². The van der Waals surface area contributed by atoms with Crippen LogP contribution >= 0.6 is 11.8 Å². The lowest BCUT2D eigenvalue weighted by Crippen LogP contribution is -2.17. The minimum Gasteiger partial charge on any atom is -0.406 e. The third-order valence-corrected chi connectivity index (χ3v) is 2.44. The molecule has 0 aliphatic rings.